The summed E-state index contributed by atoms with van der Waals surface area (Å²) in [5, 5.41) is -1.07. The van der Waals surface area contributed by atoms with E-state index in [2.05, 4.69) is 0 Å². The van der Waals surface area contributed by atoms with E-state index in [4.69, 9.17) is 11.6 Å². The summed E-state index contributed by atoms with van der Waals surface area (Å²) >= 11 is 5.04. The van der Waals surface area contributed by atoms with Gasteiger partial charge in [-0.2, -0.15) is 13.2 Å². The van der Waals surface area contributed by atoms with Crippen molar-refractivity contribution in [1.82, 2.24) is 0 Å². The molecule has 0 unspecified atom stereocenters. The van der Waals surface area contributed by atoms with Crippen molar-refractivity contribution in [2.75, 3.05) is 0 Å². The third kappa shape index (κ3) is 3.42. The van der Waals surface area contributed by atoms with Crippen LogP contribution in [0.3, 0.4) is 0 Å². The molecule has 0 heterocycles. The molecule has 0 fully saturated rings. The summed E-state index contributed by atoms with van der Waals surface area (Å²) < 4.78 is 35.9. The van der Waals surface area contributed by atoms with Gasteiger partial charge in [0.2, 0.25) is 0 Å². The summed E-state index contributed by atoms with van der Waals surface area (Å²) in [7, 11) is 0. The fourth-order valence-corrected chi connectivity index (χ4v) is 1.01. The maximum Gasteiger partial charge on any atom is 0.426 e. The second kappa shape index (κ2) is 4.51. The maximum absolute atomic E-state index is 12.0. The van der Waals surface area contributed by atoms with Crippen LogP contribution < -0.4 is 0 Å². The number of rotatable bonds is 2. The van der Waals surface area contributed by atoms with E-state index in [1.54, 1.807) is 30.3 Å². The van der Waals surface area contributed by atoms with Gasteiger partial charge in [-0.25, -0.2) is 0 Å². The van der Waals surface area contributed by atoms with E-state index in [0.717, 1.165) is 11.6 Å². The Morgan fingerprint density at radius 1 is 1.21 bits per heavy atom. The first-order valence-electron chi connectivity index (χ1n) is 3.97. The summed E-state index contributed by atoms with van der Waals surface area (Å²) in [5.41, 5.74) is 0.801. The molecule has 1 rings (SSSR count). The smallest absolute Gasteiger partial charge is 0.165 e. The van der Waals surface area contributed by atoms with Crippen LogP contribution in [-0.2, 0) is 6.42 Å². The molecule has 14 heavy (non-hydrogen) atoms. The minimum atomic E-state index is -4.43. The summed E-state index contributed by atoms with van der Waals surface area (Å²) in [6.45, 7) is 0. The van der Waals surface area contributed by atoms with Crippen LogP contribution >= 0.6 is 11.6 Å². The minimum Gasteiger partial charge on any atom is -0.165 e. The number of hydrogen-bond acceptors (Lipinski definition) is 0. The van der Waals surface area contributed by atoms with Gasteiger partial charge in [-0.3, -0.25) is 0 Å². The largest absolute Gasteiger partial charge is 0.426 e. The molecule has 0 radical (unpaired) electrons. The van der Waals surface area contributed by atoms with E-state index in [1.165, 1.54) is 0 Å². The van der Waals surface area contributed by atoms with E-state index < -0.39 is 11.2 Å². The zero-order chi connectivity index (χ0) is 10.6. The highest BCUT2D eigenvalue weighted by atomic mass is 35.5. The van der Waals surface area contributed by atoms with Gasteiger partial charge < -0.3 is 0 Å². The normalized spacial score (nSPS) is 13.0. The van der Waals surface area contributed by atoms with Gasteiger partial charge in [-0.15, -0.1) is 0 Å². The molecule has 0 aliphatic rings. The molecule has 0 spiro atoms. The van der Waals surface area contributed by atoms with Crippen LogP contribution in [0.2, 0.25) is 0 Å². The predicted molar refractivity (Wildman–Crippen MR) is 50.1 cm³/mol. The first-order valence-corrected chi connectivity index (χ1v) is 4.35. The Bertz CT molecular complexity index is 314. The summed E-state index contributed by atoms with van der Waals surface area (Å²) in [5.74, 6) is 0. The van der Waals surface area contributed by atoms with Crippen LogP contribution in [0.15, 0.2) is 41.4 Å². The monoisotopic (exact) mass is 220 g/mol. The lowest BCUT2D eigenvalue weighted by molar-refractivity contribution is -0.0847. The van der Waals surface area contributed by atoms with Gasteiger partial charge in [0.15, 0.2) is 0 Å². The fourth-order valence-electron chi connectivity index (χ4n) is 0.937. The van der Waals surface area contributed by atoms with Crippen molar-refractivity contribution < 1.29 is 13.2 Å². The van der Waals surface area contributed by atoms with Gasteiger partial charge in [-0.1, -0.05) is 48.0 Å². The molecule has 0 aliphatic carbocycles. The molecule has 0 aliphatic heterocycles. The van der Waals surface area contributed by atoms with Crippen molar-refractivity contribution in [3.63, 3.8) is 0 Å². The van der Waals surface area contributed by atoms with Crippen LogP contribution in [0.4, 0.5) is 13.2 Å². The lowest BCUT2D eigenvalue weighted by Crippen LogP contribution is -2.07. The molecule has 0 N–H and O–H groups in total. The van der Waals surface area contributed by atoms with Crippen LogP contribution in [0.5, 0.6) is 0 Å². The van der Waals surface area contributed by atoms with E-state index in [9.17, 15) is 13.2 Å². The quantitative estimate of drug-likeness (QED) is 0.709. The fraction of sp³-hybridized carbons (Fsp3) is 0.200. The SMILES string of the molecule is FC(F)(F)C(Cl)=CCc1ccccc1. The summed E-state index contributed by atoms with van der Waals surface area (Å²) in [4.78, 5) is 0. The topological polar surface area (TPSA) is 0 Å². The maximum atomic E-state index is 12.0. The van der Waals surface area contributed by atoms with Crippen molar-refractivity contribution >= 4 is 11.6 Å². The Labute approximate surface area is 85.0 Å². The number of halogens is 4. The lowest BCUT2D eigenvalue weighted by Gasteiger charge is -2.03. The number of hydrogen-bond donors (Lipinski definition) is 0. The highest BCUT2D eigenvalue weighted by molar-refractivity contribution is 6.30. The van der Waals surface area contributed by atoms with Crippen LogP contribution in [0.25, 0.3) is 0 Å². The number of benzene rings is 1. The molecule has 76 valence electrons. The van der Waals surface area contributed by atoms with Crippen molar-refractivity contribution in [3.8, 4) is 0 Å². The predicted octanol–water partition coefficient (Wildman–Crippen LogP) is 3.91. The van der Waals surface area contributed by atoms with Gasteiger partial charge in [0.05, 0.1) is 0 Å². The molecule has 4 heteroatoms. The van der Waals surface area contributed by atoms with Gasteiger partial charge >= 0.3 is 6.18 Å². The van der Waals surface area contributed by atoms with E-state index in [-0.39, 0.29) is 6.42 Å². The zero-order valence-corrected chi connectivity index (χ0v) is 7.94. The third-order valence-electron chi connectivity index (χ3n) is 1.63. The molecule has 0 atom stereocenters. The molecular weight excluding hydrogens is 213 g/mol. The van der Waals surface area contributed by atoms with E-state index in [1.807, 2.05) is 0 Å². The lowest BCUT2D eigenvalue weighted by atomic mass is 10.1. The molecular formula is C10H8ClF3. The second-order valence-electron chi connectivity index (χ2n) is 2.74. The highest BCUT2D eigenvalue weighted by Gasteiger charge is 2.31. The van der Waals surface area contributed by atoms with Crippen molar-refractivity contribution in [1.29, 1.82) is 0 Å². The third-order valence-corrected chi connectivity index (χ3v) is 2.00. The summed E-state index contributed by atoms with van der Waals surface area (Å²) in [6, 6.07) is 8.84. The van der Waals surface area contributed by atoms with Gasteiger partial charge in [0.25, 0.3) is 0 Å². The number of allylic oxidation sites excluding steroid dienone is 2. The average molecular weight is 221 g/mol. The second-order valence-corrected chi connectivity index (χ2v) is 3.15. The standard InChI is InChI=1S/C10H8ClF3/c11-9(10(12,13)14)7-6-8-4-2-1-3-5-8/h1-5,7H,6H2. The molecule has 0 saturated carbocycles. The first-order chi connectivity index (χ1) is 6.50. The van der Waals surface area contributed by atoms with Gasteiger partial charge in [-0.05, 0) is 12.0 Å². The molecule has 0 aromatic heterocycles. The Kier molecular flexibility index (Phi) is 3.58. The Balaban J connectivity index is 2.65. The van der Waals surface area contributed by atoms with Crippen LogP contribution in [0, 0.1) is 0 Å². The minimum absolute atomic E-state index is 0.194. The Hall–Kier alpha value is -0.960. The zero-order valence-electron chi connectivity index (χ0n) is 7.18. The van der Waals surface area contributed by atoms with E-state index in [0.29, 0.717) is 0 Å². The molecule has 0 bridgehead atoms. The van der Waals surface area contributed by atoms with Crippen LogP contribution in [0.1, 0.15) is 5.56 Å². The van der Waals surface area contributed by atoms with Crippen LogP contribution in [-0.4, -0.2) is 6.18 Å². The van der Waals surface area contributed by atoms with Crippen molar-refractivity contribution in [2.24, 2.45) is 0 Å². The molecule has 0 saturated heterocycles. The molecule has 0 nitrogen and oxygen atoms in total. The Morgan fingerprint density at radius 2 is 1.79 bits per heavy atom. The highest BCUT2D eigenvalue weighted by Crippen LogP contribution is 2.28. The number of alkyl halides is 3. The van der Waals surface area contributed by atoms with Crippen molar-refractivity contribution in [3.05, 3.63) is 47.0 Å². The summed E-state index contributed by atoms with van der Waals surface area (Å²) in [6.07, 6.45) is -3.27. The van der Waals surface area contributed by atoms with E-state index >= 15 is 0 Å². The molecule has 0 amide bonds. The van der Waals surface area contributed by atoms with Gasteiger partial charge in [0.1, 0.15) is 5.03 Å². The molecule has 1 aromatic carbocycles. The first kappa shape index (κ1) is 11.1. The molecule has 1 aromatic rings. The Morgan fingerprint density at radius 3 is 2.29 bits per heavy atom. The van der Waals surface area contributed by atoms with Gasteiger partial charge in [0, 0.05) is 0 Å². The van der Waals surface area contributed by atoms with Crippen molar-refractivity contribution in [2.45, 2.75) is 12.6 Å². The average Bonchev–Trinajstić information content (AvgIpc) is 2.14.